The van der Waals surface area contributed by atoms with Gasteiger partial charge >= 0.3 is 0 Å². The molecule has 0 saturated carbocycles. The Kier molecular flexibility index (Phi) is 5.80. The molecule has 3 rings (SSSR count). The van der Waals surface area contributed by atoms with E-state index < -0.39 is 0 Å². The van der Waals surface area contributed by atoms with Gasteiger partial charge in [-0.3, -0.25) is 19.7 Å². The lowest BCUT2D eigenvalue weighted by atomic mass is 10.1. The highest BCUT2D eigenvalue weighted by molar-refractivity contribution is 6.34. The van der Waals surface area contributed by atoms with E-state index in [-0.39, 0.29) is 23.3 Å². The lowest BCUT2D eigenvalue weighted by Crippen LogP contribution is -2.25. The molecule has 0 radical (unpaired) electrons. The Hall–Kier alpha value is -2.93. The molecule has 1 aliphatic heterocycles. The first-order valence-electron chi connectivity index (χ1n) is 8.21. The summed E-state index contributed by atoms with van der Waals surface area (Å²) in [6.07, 6.45) is 5.48. The Morgan fingerprint density at radius 3 is 2.85 bits per heavy atom. The second-order valence-corrected chi connectivity index (χ2v) is 6.14. The first kappa shape index (κ1) is 17.9. The highest BCUT2D eigenvalue weighted by Crippen LogP contribution is 2.16. The number of H-pyrrole nitrogens is 1. The van der Waals surface area contributed by atoms with E-state index in [0.717, 1.165) is 19.4 Å². The molecule has 1 aromatic heterocycles. The van der Waals surface area contributed by atoms with E-state index >= 15 is 0 Å². The lowest BCUT2D eigenvalue weighted by Gasteiger charge is -2.08. The van der Waals surface area contributed by atoms with Crippen LogP contribution >= 0.6 is 11.6 Å². The molecule has 134 valence electrons. The van der Waals surface area contributed by atoms with Gasteiger partial charge in [0, 0.05) is 25.4 Å². The molecule has 0 spiro atoms. The van der Waals surface area contributed by atoms with Gasteiger partial charge < -0.3 is 10.6 Å². The fraction of sp³-hybridized carbons (Fsp3) is 0.222. The first-order chi connectivity index (χ1) is 12.6. The molecule has 1 aromatic carbocycles. The van der Waals surface area contributed by atoms with Crippen LogP contribution in [-0.4, -0.2) is 41.3 Å². The van der Waals surface area contributed by atoms with Gasteiger partial charge in [0.15, 0.2) is 5.82 Å². The summed E-state index contributed by atoms with van der Waals surface area (Å²) < 4.78 is 0. The van der Waals surface area contributed by atoms with Crippen LogP contribution in [0.5, 0.6) is 0 Å². The number of anilines is 1. The van der Waals surface area contributed by atoms with Crippen LogP contribution < -0.4 is 10.6 Å². The second kappa shape index (κ2) is 8.44. The monoisotopic (exact) mass is 371 g/mol. The Labute approximate surface area is 155 Å². The van der Waals surface area contributed by atoms with E-state index in [4.69, 9.17) is 11.6 Å². The predicted molar refractivity (Wildman–Crippen MR) is 101 cm³/mol. The van der Waals surface area contributed by atoms with Gasteiger partial charge in [0.2, 0.25) is 0 Å². The molecule has 2 heterocycles. The Balaban J connectivity index is 1.53. The van der Waals surface area contributed by atoms with E-state index in [1.54, 1.807) is 30.5 Å². The van der Waals surface area contributed by atoms with Gasteiger partial charge in [-0.2, -0.15) is 5.10 Å². The first-order valence-corrected chi connectivity index (χ1v) is 8.58. The number of halogens is 1. The lowest BCUT2D eigenvalue weighted by molar-refractivity contribution is 0.0948. The Bertz CT molecular complexity index is 872. The number of rotatable bonds is 6. The van der Waals surface area contributed by atoms with E-state index in [0.29, 0.717) is 17.1 Å². The molecule has 1 aliphatic rings. The van der Waals surface area contributed by atoms with Crippen molar-refractivity contribution >= 4 is 35.4 Å². The number of dihydropyridines is 1. The molecule has 2 aromatic rings. The highest BCUT2D eigenvalue weighted by Gasteiger charge is 2.14. The van der Waals surface area contributed by atoms with Crippen molar-refractivity contribution in [3.63, 3.8) is 0 Å². The number of allylic oxidation sites excluding steroid dienone is 1. The summed E-state index contributed by atoms with van der Waals surface area (Å²) >= 11 is 6.00. The molecule has 2 amide bonds. The molecule has 0 saturated heterocycles. The van der Waals surface area contributed by atoms with Crippen molar-refractivity contribution in [1.29, 1.82) is 0 Å². The summed E-state index contributed by atoms with van der Waals surface area (Å²) in [5.41, 5.74) is 1.88. The minimum atomic E-state index is -0.389. The number of carbonyl (C=O) groups excluding carboxylic acids is 2. The second-order valence-electron chi connectivity index (χ2n) is 5.74. The average molecular weight is 372 g/mol. The van der Waals surface area contributed by atoms with Gasteiger partial charge in [-0.15, -0.1) is 0 Å². The summed E-state index contributed by atoms with van der Waals surface area (Å²) in [5.74, 6) is -0.410. The normalized spacial score (nSPS) is 13.2. The molecule has 0 aliphatic carbocycles. The number of aliphatic imine (C=N–C) groups is 1. The van der Waals surface area contributed by atoms with Crippen LogP contribution in [0.4, 0.5) is 5.82 Å². The van der Waals surface area contributed by atoms with E-state index in [1.807, 2.05) is 6.08 Å². The van der Waals surface area contributed by atoms with Crippen molar-refractivity contribution in [2.45, 2.75) is 12.8 Å². The largest absolute Gasteiger partial charge is 0.350 e. The number of hydrogen-bond acceptors (Lipinski definition) is 4. The van der Waals surface area contributed by atoms with Gasteiger partial charge in [-0.25, -0.2) is 0 Å². The van der Waals surface area contributed by atoms with Crippen LogP contribution in [0.25, 0.3) is 0 Å². The topological polar surface area (TPSA) is 99.2 Å². The quantitative estimate of drug-likeness (QED) is 0.728. The van der Waals surface area contributed by atoms with Gasteiger partial charge in [0.25, 0.3) is 11.8 Å². The molecule has 3 N–H and O–H groups in total. The molecule has 0 fully saturated rings. The maximum absolute atomic E-state index is 12.2. The zero-order valence-electron chi connectivity index (χ0n) is 14.0. The third kappa shape index (κ3) is 4.58. The van der Waals surface area contributed by atoms with Crippen LogP contribution in [0.3, 0.4) is 0 Å². The third-order valence-electron chi connectivity index (χ3n) is 3.89. The number of nitrogens with one attached hydrogen (secondary N) is 3. The molecule has 7 nitrogen and oxygen atoms in total. The van der Waals surface area contributed by atoms with Crippen LogP contribution in [0.2, 0.25) is 5.02 Å². The zero-order chi connectivity index (χ0) is 18.4. The van der Waals surface area contributed by atoms with E-state index in [2.05, 4.69) is 25.8 Å². The van der Waals surface area contributed by atoms with Crippen LogP contribution in [0, 0.1) is 0 Å². The molecule has 0 unspecified atom stereocenters. The van der Waals surface area contributed by atoms with E-state index in [9.17, 15) is 9.59 Å². The molecule has 26 heavy (non-hydrogen) atoms. The van der Waals surface area contributed by atoms with Gasteiger partial charge in [-0.05, 0) is 31.1 Å². The van der Waals surface area contributed by atoms with Crippen molar-refractivity contribution in [2.75, 3.05) is 18.4 Å². The SMILES string of the molecule is O=C(NCCC1=CC=NCC1)c1cc(NC(=O)c2ccccc2Cl)n[nH]1. The summed E-state index contributed by atoms with van der Waals surface area (Å²) in [4.78, 5) is 28.5. The number of nitrogens with zero attached hydrogens (tertiary/aromatic N) is 2. The van der Waals surface area contributed by atoms with Crippen molar-refractivity contribution in [2.24, 2.45) is 4.99 Å². The third-order valence-corrected chi connectivity index (χ3v) is 4.22. The van der Waals surface area contributed by atoms with Crippen molar-refractivity contribution in [3.8, 4) is 0 Å². The molecular weight excluding hydrogens is 354 g/mol. The van der Waals surface area contributed by atoms with Crippen molar-refractivity contribution in [3.05, 3.63) is 58.3 Å². The van der Waals surface area contributed by atoms with Crippen LogP contribution in [0.1, 0.15) is 33.7 Å². The van der Waals surface area contributed by atoms with Gasteiger partial charge in [0.05, 0.1) is 10.6 Å². The Morgan fingerprint density at radius 1 is 1.23 bits per heavy atom. The summed E-state index contributed by atoms with van der Waals surface area (Å²) in [6, 6.07) is 8.19. The molecule has 0 bridgehead atoms. The maximum atomic E-state index is 12.2. The predicted octanol–water partition coefficient (Wildman–Crippen LogP) is 2.84. The molecular formula is C18H18ClN5O2. The Morgan fingerprint density at radius 2 is 2.08 bits per heavy atom. The summed E-state index contributed by atoms with van der Waals surface area (Å²) in [6.45, 7) is 1.33. The highest BCUT2D eigenvalue weighted by atomic mass is 35.5. The minimum Gasteiger partial charge on any atom is -0.350 e. The minimum absolute atomic E-state index is 0.256. The van der Waals surface area contributed by atoms with Crippen molar-refractivity contribution < 1.29 is 9.59 Å². The number of amides is 2. The summed E-state index contributed by atoms with van der Waals surface area (Å²) in [7, 11) is 0. The fourth-order valence-corrected chi connectivity index (χ4v) is 2.72. The van der Waals surface area contributed by atoms with Crippen LogP contribution in [-0.2, 0) is 0 Å². The summed E-state index contributed by atoms with van der Waals surface area (Å²) in [5, 5.41) is 12.3. The standard InChI is InChI=1S/C18H18ClN5O2/c19-14-4-2-1-3-13(14)17(25)22-16-11-15(23-24-16)18(26)21-10-7-12-5-8-20-9-6-12/h1-5,8,11H,6-7,9-10H2,(H,21,26)(H2,22,23,24,25). The fourth-order valence-electron chi connectivity index (χ4n) is 2.50. The smallest absolute Gasteiger partial charge is 0.269 e. The van der Waals surface area contributed by atoms with E-state index in [1.165, 1.54) is 11.6 Å². The van der Waals surface area contributed by atoms with Crippen molar-refractivity contribution in [1.82, 2.24) is 15.5 Å². The number of carbonyl (C=O) groups is 2. The number of hydrogen-bond donors (Lipinski definition) is 3. The van der Waals surface area contributed by atoms with Gasteiger partial charge in [0.1, 0.15) is 5.69 Å². The maximum Gasteiger partial charge on any atom is 0.269 e. The number of aromatic amines is 1. The van der Waals surface area contributed by atoms with Crippen LogP contribution in [0.15, 0.2) is 47.0 Å². The number of benzene rings is 1. The zero-order valence-corrected chi connectivity index (χ0v) is 14.7. The number of aromatic nitrogens is 2. The van der Waals surface area contributed by atoms with Gasteiger partial charge in [-0.1, -0.05) is 29.3 Å². The average Bonchev–Trinajstić information content (AvgIpc) is 3.11. The molecule has 8 heteroatoms. The molecule has 0 atom stereocenters.